The Labute approximate surface area is 225 Å². The van der Waals surface area contributed by atoms with Crippen LogP contribution in [0, 0.1) is 0 Å². The Morgan fingerprint density at radius 3 is 2.45 bits per heavy atom. The van der Waals surface area contributed by atoms with Gasteiger partial charge in [0.1, 0.15) is 23.8 Å². The molecule has 0 bridgehead atoms. The van der Waals surface area contributed by atoms with Crippen LogP contribution in [0.5, 0.6) is 0 Å². The van der Waals surface area contributed by atoms with Gasteiger partial charge in [-0.2, -0.15) is 0 Å². The minimum Gasteiger partial charge on any atom is -0.460 e. The molecule has 2 fully saturated rings. The number of rotatable bonds is 10. The van der Waals surface area contributed by atoms with E-state index < -0.39 is 23.3 Å². The van der Waals surface area contributed by atoms with Crippen LogP contribution in [-0.2, 0) is 30.5 Å². The number of hydrogen-bond acceptors (Lipinski definition) is 7. The van der Waals surface area contributed by atoms with Gasteiger partial charge in [-0.05, 0) is 65.5 Å². The molecule has 2 aliphatic rings. The molecule has 0 radical (unpaired) electrons. The van der Waals surface area contributed by atoms with Gasteiger partial charge in [0.2, 0.25) is 11.8 Å². The lowest BCUT2D eigenvalue weighted by Crippen LogP contribution is -2.72. The second-order valence-electron chi connectivity index (χ2n) is 11.2. The number of amides is 3. The highest BCUT2D eigenvalue weighted by molar-refractivity contribution is 6.00. The van der Waals surface area contributed by atoms with Crippen molar-refractivity contribution < 1.29 is 28.7 Å². The maximum absolute atomic E-state index is 13.6. The molecule has 3 amide bonds. The van der Waals surface area contributed by atoms with Crippen molar-refractivity contribution in [2.75, 3.05) is 33.2 Å². The normalized spacial score (nSPS) is 19.7. The zero-order valence-corrected chi connectivity index (χ0v) is 23.1. The summed E-state index contributed by atoms with van der Waals surface area (Å²) < 4.78 is 10.6. The average molecular weight is 531 g/mol. The molecule has 38 heavy (non-hydrogen) atoms. The number of unbranched alkanes of at least 4 members (excludes halogenated alkanes) is 1. The van der Waals surface area contributed by atoms with E-state index in [9.17, 15) is 19.2 Å². The second kappa shape index (κ2) is 13.1. The molecule has 10 nitrogen and oxygen atoms in total. The van der Waals surface area contributed by atoms with Crippen LogP contribution >= 0.6 is 0 Å². The minimum atomic E-state index is -0.938. The number of hydrogen-bond donors (Lipinski definition) is 2. The van der Waals surface area contributed by atoms with Crippen LogP contribution in [0.2, 0.25) is 0 Å². The Hall–Kier alpha value is -3.14. The third-order valence-electron chi connectivity index (χ3n) is 6.98. The van der Waals surface area contributed by atoms with Crippen LogP contribution in [0.15, 0.2) is 30.3 Å². The van der Waals surface area contributed by atoms with E-state index in [0.717, 1.165) is 5.56 Å². The first-order chi connectivity index (χ1) is 18.0. The first-order valence-corrected chi connectivity index (χ1v) is 13.5. The number of piperazine rings is 1. The topological polar surface area (TPSA) is 117 Å². The molecule has 2 heterocycles. The van der Waals surface area contributed by atoms with Crippen LogP contribution in [-0.4, -0.2) is 84.1 Å². The zero-order chi connectivity index (χ0) is 27.8. The van der Waals surface area contributed by atoms with Gasteiger partial charge in [-0.25, -0.2) is 4.79 Å². The second-order valence-corrected chi connectivity index (χ2v) is 11.2. The molecule has 2 N–H and O–H groups in total. The van der Waals surface area contributed by atoms with Gasteiger partial charge < -0.3 is 29.9 Å². The molecule has 1 unspecified atom stereocenters. The maximum Gasteiger partial charge on any atom is 0.407 e. The van der Waals surface area contributed by atoms with Crippen LogP contribution in [0.4, 0.5) is 4.79 Å². The largest absolute Gasteiger partial charge is 0.460 e. The molecule has 1 aromatic rings. The molecule has 0 aliphatic carbocycles. The number of carbonyl (C=O) groups is 4. The summed E-state index contributed by atoms with van der Waals surface area (Å²) in [5.41, 5.74) is -0.643. The van der Waals surface area contributed by atoms with Gasteiger partial charge >= 0.3 is 12.1 Å². The predicted molar refractivity (Wildman–Crippen MR) is 142 cm³/mol. The van der Waals surface area contributed by atoms with Crippen molar-refractivity contribution in [3.05, 3.63) is 35.9 Å². The lowest BCUT2D eigenvalue weighted by atomic mass is 9.81. The van der Waals surface area contributed by atoms with E-state index in [1.807, 2.05) is 37.4 Å². The summed E-state index contributed by atoms with van der Waals surface area (Å²) in [6.07, 6.45) is 2.31. The zero-order valence-electron chi connectivity index (χ0n) is 23.1. The summed E-state index contributed by atoms with van der Waals surface area (Å²) in [6, 6.07) is 8.78. The highest BCUT2D eigenvalue weighted by atomic mass is 16.6. The molecule has 10 heteroatoms. The highest BCUT2D eigenvalue weighted by Crippen LogP contribution is 2.33. The van der Waals surface area contributed by atoms with E-state index >= 15 is 0 Å². The van der Waals surface area contributed by atoms with Gasteiger partial charge in [-0.1, -0.05) is 30.3 Å². The van der Waals surface area contributed by atoms with Gasteiger partial charge in [0.05, 0.1) is 6.42 Å². The number of likely N-dealkylation sites (tertiary alicyclic amines) is 1. The molecule has 1 aromatic carbocycles. The fourth-order valence-corrected chi connectivity index (χ4v) is 4.91. The summed E-state index contributed by atoms with van der Waals surface area (Å²) in [5, 5.41) is 5.68. The lowest BCUT2D eigenvalue weighted by molar-refractivity contribution is -0.164. The third-order valence-corrected chi connectivity index (χ3v) is 6.98. The number of nitrogens with one attached hydrogen (secondary N) is 2. The SMILES string of the molecule is CN1CCC2(CC1)C(=O)NC(CCCCNC(=O)OCc1ccccc1)C(=O)N2CCC(=O)OC(C)(C)C. The fraction of sp³-hybridized carbons (Fsp3) is 0.643. The first-order valence-electron chi connectivity index (χ1n) is 13.5. The number of benzene rings is 1. The summed E-state index contributed by atoms with van der Waals surface area (Å²) in [4.78, 5) is 55.1. The van der Waals surface area contributed by atoms with Crippen LogP contribution < -0.4 is 10.6 Å². The molecular formula is C28H42N4O6. The Bertz CT molecular complexity index is 969. The Kier molecular flexibility index (Phi) is 10.1. The smallest absolute Gasteiger partial charge is 0.407 e. The van der Waals surface area contributed by atoms with Crippen LogP contribution in [0.3, 0.4) is 0 Å². The van der Waals surface area contributed by atoms with Crippen LogP contribution in [0.25, 0.3) is 0 Å². The number of nitrogens with zero attached hydrogens (tertiary/aromatic N) is 2. The summed E-state index contributed by atoms with van der Waals surface area (Å²) in [7, 11) is 1.99. The molecule has 1 atom stereocenters. The highest BCUT2D eigenvalue weighted by Gasteiger charge is 2.53. The van der Waals surface area contributed by atoms with Gasteiger partial charge in [-0.3, -0.25) is 14.4 Å². The van der Waals surface area contributed by atoms with E-state index in [1.165, 1.54) is 0 Å². The van der Waals surface area contributed by atoms with Crippen molar-refractivity contribution in [3.8, 4) is 0 Å². The number of ether oxygens (including phenoxy) is 2. The first kappa shape index (κ1) is 29.4. The van der Waals surface area contributed by atoms with E-state index in [2.05, 4.69) is 15.5 Å². The summed E-state index contributed by atoms with van der Waals surface area (Å²) >= 11 is 0. The molecule has 210 valence electrons. The molecule has 2 aliphatic heterocycles. The number of esters is 1. The predicted octanol–water partition coefficient (Wildman–Crippen LogP) is 2.61. The molecule has 1 spiro atoms. The maximum atomic E-state index is 13.6. The number of carbonyl (C=O) groups excluding carboxylic acids is 4. The Morgan fingerprint density at radius 1 is 1.11 bits per heavy atom. The molecule has 2 saturated heterocycles. The van der Waals surface area contributed by atoms with Crippen molar-refractivity contribution in [2.24, 2.45) is 0 Å². The molecule has 0 saturated carbocycles. The molecule has 3 rings (SSSR count). The standard InChI is InChI=1S/C28H42N4O6/c1-27(2,3)38-23(33)13-17-32-24(34)22(30-25(35)28(32)14-18-31(4)19-15-28)12-8-9-16-29-26(36)37-20-21-10-6-5-7-11-21/h5-7,10-11,22H,8-9,12-20H2,1-4H3,(H,29,36)(H,30,35). The van der Waals surface area contributed by atoms with Gasteiger partial charge in [0.25, 0.3) is 0 Å². The van der Waals surface area contributed by atoms with Crippen molar-refractivity contribution in [3.63, 3.8) is 0 Å². The van der Waals surface area contributed by atoms with E-state index in [-0.39, 0.29) is 37.4 Å². The van der Waals surface area contributed by atoms with Gasteiger partial charge in [-0.15, -0.1) is 0 Å². The average Bonchev–Trinajstić information content (AvgIpc) is 2.86. The fourth-order valence-electron chi connectivity index (χ4n) is 4.91. The van der Waals surface area contributed by atoms with E-state index in [4.69, 9.17) is 9.47 Å². The van der Waals surface area contributed by atoms with Crippen molar-refractivity contribution in [2.45, 2.75) is 83.1 Å². The molecule has 0 aromatic heterocycles. The summed E-state index contributed by atoms with van der Waals surface area (Å²) in [6.45, 7) is 7.55. The van der Waals surface area contributed by atoms with Crippen LogP contribution in [0.1, 0.15) is 64.9 Å². The lowest BCUT2D eigenvalue weighted by Gasteiger charge is -2.51. The van der Waals surface area contributed by atoms with Crippen molar-refractivity contribution >= 4 is 23.9 Å². The quantitative estimate of drug-likeness (QED) is 0.353. The summed E-state index contributed by atoms with van der Waals surface area (Å²) in [5.74, 6) is -0.698. The molecular weight excluding hydrogens is 488 g/mol. The monoisotopic (exact) mass is 530 g/mol. The van der Waals surface area contributed by atoms with E-state index in [0.29, 0.717) is 51.7 Å². The number of piperidine rings is 1. The van der Waals surface area contributed by atoms with E-state index in [1.54, 1.807) is 25.7 Å². The number of alkyl carbamates (subject to hydrolysis) is 1. The minimum absolute atomic E-state index is 0.0373. The van der Waals surface area contributed by atoms with Crippen molar-refractivity contribution in [1.29, 1.82) is 0 Å². The van der Waals surface area contributed by atoms with Gasteiger partial charge in [0.15, 0.2) is 0 Å². The van der Waals surface area contributed by atoms with Crippen molar-refractivity contribution in [1.82, 2.24) is 20.4 Å². The Balaban J connectivity index is 1.51. The Morgan fingerprint density at radius 2 is 1.79 bits per heavy atom. The van der Waals surface area contributed by atoms with Gasteiger partial charge in [0, 0.05) is 26.2 Å². The third kappa shape index (κ3) is 8.18.